The first-order chi connectivity index (χ1) is 10.6. The van der Waals surface area contributed by atoms with E-state index in [-0.39, 0.29) is 28.9 Å². The maximum Gasteiger partial charge on any atom is 0.320 e. The lowest BCUT2D eigenvalue weighted by atomic mass is 10.2. The van der Waals surface area contributed by atoms with Crippen molar-refractivity contribution in [3.05, 3.63) is 46.4 Å². The van der Waals surface area contributed by atoms with E-state index in [0.717, 1.165) is 0 Å². The van der Waals surface area contributed by atoms with E-state index in [0.29, 0.717) is 12.1 Å². The van der Waals surface area contributed by atoms with E-state index in [1.54, 1.807) is 6.92 Å². The quantitative estimate of drug-likeness (QED) is 0.542. The molecule has 0 aliphatic carbocycles. The molecule has 112 valence electrons. The van der Waals surface area contributed by atoms with Gasteiger partial charge in [-0.2, -0.15) is 10.1 Å². The zero-order valence-corrected chi connectivity index (χ0v) is 11.4. The Kier molecular flexibility index (Phi) is 3.37. The number of aromatic nitrogens is 4. The summed E-state index contributed by atoms with van der Waals surface area (Å²) in [4.78, 5) is 14.6. The minimum atomic E-state index is -0.559. The Labute approximate surface area is 123 Å². The standard InChI is InChI=1S/C13H10FN5O3/c1-2-18-7-10(19(20)21)11(16-18)13-15-12(17-22-13)8-3-5-9(14)6-4-8/h3-7H,2H2,1H3. The number of benzene rings is 1. The number of nitro groups is 1. The van der Waals surface area contributed by atoms with E-state index in [9.17, 15) is 14.5 Å². The van der Waals surface area contributed by atoms with Crippen molar-refractivity contribution in [2.24, 2.45) is 0 Å². The molecule has 0 aliphatic rings. The van der Waals surface area contributed by atoms with Gasteiger partial charge in [0.25, 0.3) is 5.89 Å². The Bertz CT molecular complexity index is 825. The summed E-state index contributed by atoms with van der Waals surface area (Å²) in [6, 6.07) is 5.51. The lowest BCUT2D eigenvalue weighted by Crippen LogP contribution is -1.93. The summed E-state index contributed by atoms with van der Waals surface area (Å²) in [5.41, 5.74) is 0.331. The Morgan fingerprint density at radius 2 is 2.09 bits per heavy atom. The normalized spacial score (nSPS) is 10.8. The summed E-state index contributed by atoms with van der Waals surface area (Å²) < 4.78 is 19.4. The Morgan fingerprint density at radius 3 is 2.73 bits per heavy atom. The summed E-state index contributed by atoms with van der Waals surface area (Å²) in [7, 11) is 0. The number of aryl methyl sites for hydroxylation is 1. The lowest BCUT2D eigenvalue weighted by Gasteiger charge is -1.92. The van der Waals surface area contributed by atoms with Gasteiger partial charge in [-0.25, -0.2) is 4.39 Å². The summed E-state index contributed by atoms with van der Waals surface area (Å²) in [5.74, 6) is -0.238. The second-order valence-electron chi connectivity index (χ2n) is 4.41. The van der Waals surface area contributed by atoms with Gasteiger partial charge in [0.15, 0.2) is 0 Å². The van der Waals surface area contributed by atoms with Crippen molar-refractivity contribution >= 4 is 5.69 Å². The van der Waals surface area contributed by atoms with Crippen LogP contribution >= 0.6 is 0 Å². The minimum absolute atomic E-state index is 0.00714. The molecule has 8 nitrogen and oxygen atoms in total. The van der Waals surface area contributed by atoms with Gasteiger partial charge in [0.2, 0.25) is 11.5 Å². The molecular formula is C13H10FN5O3. The van der Waals surface area contributed by atoms with Gasteiger partial charge in [-0.3, -0.25) is 14.8 Å². The van der Waals surface area contributed by atoms with Crippen molar-refractivity contribution in [1.82, 2.24) is 19.9 Å². The molecule has 9 heteroatoms. The maximum absolute atomic E-state index is 12.9. The molecule has 3 rings (SSSR count). The van der Waals surface area contributed by atoms with Crippen molar-refractivity contribution in [2.75, 3.05) is 0 Å². The van der Waals surface area contributed by atoms with Crippen LogP contribution in [0.15, 0.2) is 35.0 Å². The first-order valence-corrected chi connectivity index (χ1v) is 6.40. The van der Waals surface area contributed by atoms with Gasteiger partial charge < -0.3 is 4.52 Å². The van der Waals surface area contributed by atoms with Crippen LogP contribution in [0.4, 0.5) is 10.1 Å². The SMILES string of the molecule is CCn1cc([N+](=O)[O-])c(-c2nc(-c3ccc(F)cc3)no2)n1. The van der Waals surface area contributed by atoms with Crippen LogP contribution in [0.5, 0.6) is 0 Å². The molecule has 0 amide bonds. The number of halogens is 1. The highest BCUT2D eigenvalue weighted by molar-refractivity contribution is 5.63. The second kappa shape index (κ2) is 5.35. The minimum Gasteiger partial charge on any atom is -0.332 e. The van der Waals surface area contributed by atoms with E-state index in [1.807, 2.05) is 0 Å². The van der Waals surface area contributed by atoms with Crippen LogP contribution in [-0.2, 0) is 6.54 Å². The number of hydrogen-bond donors (Lipinski definition) is 0. The molecule has 0 atom stereocenters. The van der Waals surface area contributed by atoms with Crippen LogP contribution in [0.25, 0.3) is 23.0 Å². The number of nitrogens with zero attached hydrogens (tertiary/aromatic N) is 5. The van der Waals surface area contributed by atoms with Gasteiger partial charge in [0, 0.05) is 12.1 Å². The van der Waals surface area contributed by atoms with Gasteiger partial charge >= 0.3 is 5.69 Å². The van der Waals surface area contributed by atoms with Crippen molar-refractivity contribution in [1.29, 1.82) is 0 Å². The van der Waals surface area contributed by atoms with E-state index in [2.05, 4.69) is 15.2 Å². The Balaban J connectivity index is 2.02. The molecule has 0 fully saturated rings. The second-order valence-corrected chi connectivity index (χ2v) is 4.41. The molecule has 22 heavy (non-hydrogen) atoms. The molecular weight excluding hydrogens is 293 g/mol. The first kappa shape index (κ1) is 13.9. The lowest BCUT2D eigenvalue weighted by molar-refractivity contribution is -0.384. The van der Waals surface area contributed by atoms with Crippen LogP contribution in [-0.4, -0.2) is 24.8 Å². The highest BCUT2D eigenvalue weighted by Gasteiger charge is 2.25. The largest absolute Gasteiger partial charge is 0.332 e. The Morgan fingerprint density at radius 1 is 1.36 bits per heavy atom. The van der Waals surface area contributed by atoms with Crippen molar-refractivity contribution < 1.29 is 13.8 Å². The van der Waals surface area contributed by atoms with Gasteiger partial charge in [0.05, 0.1) is 4.92 Å². The summed E-state index contributed by atoms with van der Waals surface area (Å²) >= 11 is 0. The van der Waals surface area contributed by atoms with Crippen molar-refractivity contribution in [3.8, 4) is 23.0 Å². The third-order valence-corrected chi connectivity index (χ3v) is 2.99. The third kappa shape index (κ3) is 2.43. The zero-order valence-electron chi connectivity index (χ0n) is 11.4. The molecule has 2 heterocycles. The van der Waals surface area contributed by atoms with Crippen LogP contribution in [0, 0.1) is 15.9 Å². The maximum atomic E-state index is 12.9. The van der Waals surface area contributed by atoms with E-state index >= 15 is 0 Å². The average Bonchev–Trinajstić information content (AvgIpc) is 3.14. The molecule has 0 radical (unpaired) electrons. The fourth-order valence-corrected chi connectivity index (χ4v) is 1.89. The average molecular weight is 303 g/mol. The van der Waals surface area contributed by atoms with Crippen LogP contribution < -0.4 is 0 Å². The van der Waals surface area contributed by atoms with E-state index < -0.39 is 4.92 Å². The topological polar surface area (TPSA) is 99.9 Å². The molecule has 0 spiro atoms. The van der Waals surface area contributed by atoms with Gasteiger partial charge in [0.1, 0.15) is 12.0 Å². The molecule has 3 aromatic rings. The molecule has 1 aromatic carbocycles. The van der Waals surface area contributed by atoms with Crippen molar-refractivity contribution in [3.63, 3.8) is 0 Å². The zero-order chi connectivity index (χ0) is 15.7. The molecule has 0 N–H and O–H groups in total. The fourth-order valence-electron chi connectivity index (χ4n) is 1.89. The van der Waals surface area contributed by atoms with Gasteiger partial charge in [-0.15, -0.1) is 0 Å². The third-order valence-electron chi connectivity index (χ3n) is 2.99. The summed E-state index contributed by atoms with van der Waals surface area (Å²) in [5, 5.41) is 18.9. The Hall–Kier alpha value is -3.10. The van der Waals surface area contributed by atoms with E-state index in [1.165, 1.54) is 35.1 Å². The molecule has 0 saturated carbocycles. The van der Waals surface area contributed by atoms with Crippen LogP contribution in [0.2, 0.25) is 0 Å². The van der Waals surface area contributed by atoms with E-state index in [4.69, 9.17) is 4.52 Å². The number of hydrogen-bond acceptors (Lipinski definition) is 6. The monoisotopic (exact) mass is 303 g/mol. The molecule has 0 saturated heterocycles. The summed E-state index contributed by atoms with van der Waals surface area (Å²) in [6.07, 6.45) is 1.30. The first-order valence-electron chi connectivity index (χ1n) is 6.40. The highest BCUT2D eigenvalue weighted by Crippen LogP contribution is 2.28. The molecule has 0 aliphatic heterocycles. The number of rotatable bonds is 4. The van der Waals surface area contributed by atoms with Gasteiger partial charge in [-0.05, 0) is 31.2 Å². The molecule has 2 aromatic heterocycles. The van der Waals surface area contributed by atoms with Crippen LogP contribution in [0.3, 0.4) is 0 Å². The predicted octanol–water partition coefficient (Wildman–Crippen LogP) is 2.67. The predicted molar refractivity (Wildman–Crippen MR) is 73.2 cm³/mol. The van der Waals surface area contributed by atoms with Crippen LogP contribution in [0.1, 0.15) is 6.92 Å². The molecule has 0 bridgehead atoms. The van der Waals surface area contributed by atoms with Gasteiger partial charge in [-0.1, -0.05) is 5.16 Å². The fraction of sp³-hybridized carbons (Fsp3) is 0.154. The molecule has 0 unspecified atom stereocenters. The smallest absolute Gasteiger partial charge is 0.320 e. The highest BCUT2D eigenvalue weighted by atomic mass is 19.1. The van der Waals surface area contributed by atoms with Crippen molar-refractivity contribution in [2.45, 2.75) is 13.5 Å². The summed E-state index contributed by atoms with van der Waals surface area (Å²) in [6.45, 7) is 2.28.